The first-order valence-corrected chi connectivity index (χ1v) is 7.90. The average Bonchev–Trinajstić information content (AvgIpc) is 2.99. The van der Waals surface area contributed by atoms with E-state index >= 15 is 0 Å². The van der Waals surface area contributed by atoms with E-state index in [1.807, 2.05) is 0 Å². The molecule has 1 saturated heterocycles. The molecule has 0 bridgehead atoms. The molecule has 0 saturated carbocycles. The largest absolute Gasteiger partial charge is 0.453 e. The number of methoxy groups -OCH3 is 1. The molecule has 0 spiro atoms. The van der Waals surface area contributed by atoms with Crippen molar-refractivity contribution in [2.24, 2.45) is 0 Å². The molecule has 2 aliphatic rings. The number of carbonyl (C=O) groups excluding carboxylic acids is 2. The third kappa shape index (κ3) is 3.45. The smallest absolute Gasteiger partial charge is 0.416 e. The van der Waals surface area contributed by atoms with Gasteiger partial charge in [-0.3, -0.25) is 20.1 Å². The maximum Gasteiger partial charge on any atom is 0.416 e. The second-order valence-electron chi connectivity index (χ2n) is 5.88. The van der Waals surface area contributed by atoms with Gasteiger partial charge in [0.05, 0.1) is 38.7 Å². The number of anilines is 2. The quantitative estimate of drug-likeness (QED) is 0.775. The normalized spacial score (nSPS) is 18.6. The van der Waals surface area contributed by atoms with E-state index in [1.165, 1.54) is 32.4 Å². The number of cyclic esters (lactones) is 1. The number of nitrogens with one attached hydrogen (secondary N) is 1. The Kier molecular flexibility index (Phi) is 5.04. The topological polar surface area (TPSA) is 83.6 Å². The number of rotatable bonds is 5. The number of nitrogens with zero attached hydrogens (tertiary/aromatic N) is 3. The van der Waals surface area contributed by atoms with Crippen LogP contribution in [0.4, 0.5) is 29.7 Å². The molecule has 0 aliphatic carbocycles. The number of hydrogen-bond donors (Lipinski definition) is 1. The van der Waals surface area contributed by atoms with Crippen LogP contribution in [0.3, 0.4) is 0 Å². The number of hydroxylamine groups is 1. The van der Waals surface area contributed by atoms with Crippen LogP contribution in [-0.2, 0) is 14.3 Å². The summed E-state index contributed by atoms with van der Waals surface area (Å²) >= 11 is 0. The van der Waals surface area contributed by atoms with Crippen LogP contribution in [-0.4, -0.2) is 57.7 Å². The molecule has 9 nitrogen and oxygen atoms in total. The summed E-state index contributed by atoms with van der Waals surface area (Å²) in [6.45, 7) is 0.160. The molecule has 0 unspecified atom stereocenters. The van der Waals surface area contributed by atoms with E-state index in [4.69, 9.17) is 9.57 Å². The highest BCUT2D eigenvalue weighted by Gasteiger charge is 2.38. The number of hydrogen-bond acceptors (Lipinski definition) is 7. The number of carbonyl (C=O) groups is 2. The molecule has 2 amide bonds. The number of ether oxygens (including phenoxy) is 2. The van der Waals surface area contributed by atoms with Crippen molar-refractivity contribution in [1.82, 2.24) is 10.4 Å². The Morgan fingerprint density at radius 2 is 1.96 bits per heavy atom. The lowest BCUT2D eigenvalue weighted by Crippen LogP contribution is -2.39. The monoisotopic (exact) mass is 384 g/mol. The zero-order valence-corrected chi connectivity index (χ0v) is 14.9. The van der Waals surface area contributed by atoms with Gasteiger partial charge in [0.15, 0.2) is 17.9 Å². The summed E-state index contributed by atoms with van der Waals surface area (Å²) in [7, 11) is 4.01. The van der Waals surface area contributed by atoms with Crippen LogP contribution in [0.25, 0.3) is 0 Å². The van der Waals surface area contributed by atoms with Crippen molar-refractivity contribution in [2.45, 2.75) is 6.23 Å². The van der Waals surface area contributed by atoms with E-state index < -0.39 is 30.0 Å². The summed E-state index contributed by atoms with van der Waals surface area (Å²) in [4.78, 5) is 31.8. The maximum absolute atomic E-state index is 14.5. The Labute approximate surface area is 153 Å². The minimum Gasteiger partial charge on any atom is -0.453 e. The molecule has 0 aromatic heterocycles. The van der Waals surface area contributed by atoms with Crippen LogP contribution >= 0.6 is 0 Å². The van der Waals surface area contributed by atoms with E-state index in [9.17, 15) is 18.4 Å². The van der Waals surface area contributed by atoms with Gasteiger partial charge in [-0.1, -0.05) is 0 Å². The first-order chi connectivity index (χ1) is 12.8. The molecule has 1 fully saturated rings. The number of halogens is 2. The first kappa shape index (κ1) is 18.7. The van der Waals surface area contributed by atoms with Crippen LogP contribution in [0.5, 0.6) is 0 Å². The standard InChI is InChI=1S/C16H18F2N4O5/c1-20(15(23)25-2)13-8-22(16(24)27-13)10-4-11(17)14(12(18)5-10)21-6-9(7-21)19-26-3/h4-6,13,19H,7-8H2,1-3H3/t13-/m0/s1. The van der Waals surface area contributed by atoms with E-state index in [1.54, 1.807) is 0 Å². The first-order valence-electron chi connectivity index (χ1n) is 7.90. The third-order valence-electron chi connectivity index (χ3n) is 4.18. The van der Waals surface area contributed by atoms with Gasteiger partial charge in [0.1, 0.15) is 5.69 Å². The van der Waals surface area contributed by atoms with Crippen LogP contribution < -0.4 is 15.3 Å². The van der Waals surface area contributed by atoms with Gasteiger partial charge in [0.25, 0.3) is 0 Å². The lowest BCUT2D eigenvalue weighted by molar-refractivity contribution is 0.0343. The molecule has 1 aromatic carbocycles. The lowest BCUT2D eigenvalue weighted by atomic mass is 10.2. The maximum atomic E-state index is 14.5. The third-order valence-corrected chi connectivity index (χ3v) is 4.18. The fourth-order valence-electron chi connectivity index (χ4n) is 2.78. The number of likely N-dealkylation sites (N-methyl/N-ethyl adjacent to an activating group) is 1. The summed E-state index contributed by atoms with van der Waals surface area (Å²) in [5, 5.41) is 0. The Hall–Kier alpha value is -3.08. The minimum atomic E-state index is -0.934. The van der Waals surface area contributed by atoms with Gasteiger partial charge in [-0.15, -0.1) is 0 Å². The number of amides is 2. The van der Waals surface area contributed by atoms with Crippen molar-refractivity contribution in [3.63, 3.8) is 0 Å². The predicted molar refractivity (Wildman–Crippen MR) is 89.7 cm³/mol. The van der Waals surface area contributed by atoms with Gasteiger partial charge < -0.3 is 14.4 Å². The molecule has 11 heteroatoms. The van der Waals surface area contributed by atoms with E-state index in [-0.39, 0.29) is 24.5 Å². The molecule has 146 valence electrons. The van der Waals surface area contributed by atoms with Crippen molar-refractivity contribution in [2.75, 3.05) is 44.2 Å². The summed E-state index contributed by atoms with van der Waals surface area (Å²) in [6.07, 6.45) is -0.960. The van der Waals surface area contributed by atoms with Crippen molar-refractivity contribution >= 4 is 23.6 Å². The highest BCUT2D eigenvalue weighted by atomic mass is 19.1. The van der Waals surface area contributed by atoms with E-state index in [2.05, 4.69) is 10.2 Å². The van der Waals surface area contributed by atoms with Gasteiger partial charge in [0.2, 0.25) is 0 Å². The molecule has 1 aromatic rings. The van der Waals surface area contributed by atoms with Crippen molar-refractivity contribution < 1.29 is 32.7 Å². The van der Waals surface area contributed by atoms with Gasteiger partial charge in [0, 0.05) is 25.4 Å². The second-order valence-corrected chi connectivity index (χ2v) is 5.88. The highest BCUT2D eigenvalue weighted by molar-refractivity contribution is 5.90. The van der Waals surface area contributed by atoms with Gasteiger partial charge in [-0.2, -0.15) is 0 Å². The Morgan fingerprint density at radius 1 is 1.33 bits per heavy atom. The summed E-state index contributed by atoms with van der Waals surface area (Å²) in [5.74, 6) is -1.68. The highest BCUT2D eigenvalue weighted by Crippen LogP contribution is 2.33. The Morgan fingerprint density at radius 3 is 2.52 bits per heavy atom. The van der Waals surface area contributed by atoms with Crippen LogP contribution in [0.1, 0.15) is 0 Å². The SMILES string of the molecule is CONC1=CN(c2c(F)cc(N3C[C@@H](N(C)C(=O)OC)OC3=O)cc2F)C1. The molecule has 2 heterocycles. The number of benzene rings is 1. The van der Waals surface area contributed by atoms with Crippen LogP contribution in [0.15, 0.2) is 24.0 Å². The fourth-order valence-corrected chi connectivity index (χ4v) is 2.78. The van der Waals surface area contributed by atoms with Crippen molar-refractivity contribution in [1.29, 1.82) is 0 Å². The molecule has 27 heavy (non-hydrogen) atoms. The molecule has 3 rings (SSSR count). The van der Waals surface area contributed by atoms with E-state index in [0.29, 0.717) is 5.70 Å². The molecule has 2 aliphatic heterocycles. The molecule has 0 radical (unpaired) electrons. The van der Waals surface area contributed by atoms with Gasteiger partial charge in [-0.05, 0) is 0 Å². The van der Waals surface area contributed by atoms with Gasteiger partial charge in [-0.25, -0.2) is 18.4 Å². The van der Waals surface area contributed by atoms with Crippen LogP contribution in [0.2, 0.25) is 0 Å². The Balaban J connectivity index is 1.78. The van der Waals surface area contributed by atoms with E-state index in [0.717, 1.165) is 21.9 Å². The second kappa shape index (κ2) is 7.27. The molecular formula is C16H18F2N4O5. The molecule has 1 atom stereocenters. The molecule has 1 N–H and O–H groups in total. The van der Waals surface area contributed by atoms with Crippen molar-refractivity contribution in [3.8, 4) is 0 Å². The molecular weight excluding hydrogens is 366 g/mol. The van der Waals surface area contributed by atoms with Crippen molar-refractivity contribution in [3.05, 3.63) is 35.7 Å². The summed E-state index contributed by atoms with van der Waals surface area (Å²) < 4.78 is 38.6. The van der Waals surface area contributed by atoms with Crippen LogP contribution in [0, 0.1) is 11.6 Å². The Bertz CT molecular complexity index is 780. The van der Waals surface area contributed by atoms with Gasteiger partial charge >= 0.3 is 12.2 Å². The average molecular weight is 384 g/mol. The zero-order valence-electron chi connectivity index (χ0n) is 14.9. The minimum absolute atomic E-state index is 0.0146. The summed E-state index contributed by atoms with van der Waals surface area (Å²) in [6, 6.07) is 2.07. The summed E-state index contributed by atoms with van der Waals surface area (Å²) in [5.41, 5.74) is 2.98. The fraction of sp³-hybridized carbons (Fsp3) is 0.375. The predicted octanol–water partition coefficient (Wildman–Crippen LogP) is 1.76. The zero-order chi connectivity index (χ0) is 19.7. The lowest BCUT2D eigenvalue weighted by Gasteiger charge is -2.32.